The first-order valence-corrected chi connectivity index (χ1v) is 40.0. The molecule has 0 saturated carbocycles. The number of aliphatic hydroxyl groups excluding tert-OH is 1. The number of rotatable bonds is 67. The number of carbonyl (C=O) groups is 4. The minimum Gasteiger partial charge on any atom is -0.462 e. The number of allylic oxidation sites excluding steroid dienone is 28. The number of hydrogen-bond acceptors (Lipinski definition) is 15. The molecule has 0 amide bonds. The van der Waals surface area contributed by atoms with Gasteiger partial charge in [-0.3, -0.25) is 37.3 Å². The Kier molecular flexibility index (Phi) is 67.4. The molecule has 0 aromatic carbocycles. The SMILES string of the molecule is CC/C=C\C/C=C\C/C=C\C/C=C\C/C=C\CCCC(=O)OCC(COP(=O)(O)OCC(O)COP(=O)(O)OCC(COC(=O)C/C=C\C/C=C\C/C=C\C/C=C\C/C=C\CC)OC(=O)CCCCCCCCCCCCCCC)OC(=O)C/C=C\C/C=C\C/C=C\C/C=C\C/C=C\CC. The monoisotopic (exact) mass is 1430 g/mol. The average Bonchev–Trinajstić information content (AvgIpc) is 1.06. The molecule has 19 heteroatoms. The fourth-order valence-electron chi connectivity index (χ4n) is 8.93. The van der Waals surface area contributed by atoms with Gasteiger partial charge in [-0.15, -0.1) is 0 Å². The first kappa shape index (κ1) is 94.2. The summed E-state index contributed by atoms with van der Waals surface area (Å²) < 4.78 is 68.1. The predicted octanol–water partition coefficient (Wildman–Crippen LogP) is 21.2. The highest BCUT2D eigenvalue weighted by atomic mass is 31.2. The smallest absolute Gasteiger partial charge is 0.462 e. The summed E-state index contributed by atoms with van der Waals surface area (Å²) >= 11 is 0. The predicted molar refractivity (Wildman–Crippen MR) is 408 cm³/mol. The summed E-state index contributed by atoms with van der Waals surface area (Å²) in [4.78, 5) is 72.6. The van der Waals surface area contributed by atoms with Crippen LogP contribution in [0.5, 0.6) is 0 Å². The van der Waals surface area contributed by atoms with Gasteiger partial charge in [-0.05, 0) is 116 Å². The maximum atomic E-state index is 13.1. The van der Waals surface area contributed by atoms with Crippen LogP contribution in [-0.4, -0.2) is 96.7 Å². The standard InChI is InChI=1S/C81H128O17P2/c1-5-9-13-17-21-25-29-33-36-37-40-43-46-50-54-58-62-66-79(84)92-72-77(98-81(86)68-64-60-56-52-48-44-39-35-31-27-23-19-15-11-7-3)74-96-100(89,90)94-70-75(82)69-93-99(87,88)95-73-76(97-80(85)67-63-59-55-51-47-41-32-28-24-20-16-12-8-4)71-91-78(83)65-61-57-53-49-45-42-38-34-30-26-22-18-14-10-6-2/h9-11,13-15,21-23,25-27,33-36,38-40,43,45,48-50,52,54,57,60-61,64,75-77,82H,5-8,12,16-20,24,28-32,37,41-42,44,46-47,51,53,55-56,58-59,62-63,65-74H2,1-4H3,(H,87,88)(H,89,90)/b13-9-,14-10-,15-11-,25-21-,26-22-,27-23-,36-33-,38-34-,39-35-,43-40-,49-45-,52-48-,54-50-,61-57-,64-60-. The Labute approximate surface area is 603 Å². The largest absolute Gasteiger partial charge is 0.472 e. The van der Waals surface area contributed by atoms with Gasteiger partial charge in [0.15, 0.2) is 12.2 Å². The minimum atomic E-state index is -5.02. The van der Waals surface area contributed by atoms with Crippen LogP contribution < -0.4 is 0 Å². The maximum Gasteiger partial charge on any atom is 0.472 e. The molecule has 0 rings (SSSR count). The fourth-order valence-corrected chi connectivity index (χ4v) is 10.5. The Morgan fingerprint density at radius 3 is 0.920 bits per heavy atom. The maximum absolute atomic E-state index is 13.1. The molecule has 0 spiro atoms. The van der Waals surface area contributed by atoms with Gasteiger partial charge in [-0.2, -0.15) is 0 Å². The van der Waals surface area contributed by atoms with Crippen molar-refractivity contribution < 1.29 is 80.2 Å². The van der Waals surface area contributed by atoms with E-state index in [1.54, 1.807) is 18.2 Å². The molecule has 5 atom stereocenters. The quantitative estimate of drug-likeness (QED) is 0.0169. The Balaban J connectivity index is 5.55. The molecule has 564 valence electrons. The van der Waals surface area contributed by atoms with E-state index in [0.29, 0.717) is 32.1 Å². The lowest BCUT2D eigenvalue weighted by Gasteiger charge is -2.21. The molecule has 0 aromatic rings. The van der Waals surface area contributed by atoms with Gasteiger partial charge in [0.25, 0.3) is 0 Å². The highest BCUT2D eigenvalue weighted by Crippen LogP contribution is 2.45. The molecule has 0 radical (unpaired) electrons. The summed E-state index contributed by atoms with van der Waals surface area (Å²) in [5.41, 5.74) is 0. The van der Waals surface area contributed by atoms with Gasteiger partial charge in [0.1, 0.15) is 19.3 Å². The van der Waals surface area contributed by atoms with Crippen LogP contribution in [0.2, 0.25) is 0 Å². The van der Waals surface area contributed by atoms with Crippen molar-refractivity contribution >= 4 is 39.5 Å². The van der Waals surface area contributed by atoms with E-state index < -0.39 is 97.5 Å². The number of phosphoric ester groups is 2. The third kappa shape index (κ3) is 70.6. The average molecular weight is 1440 g/mol. The van der Waals surface area contributed by atoms with Gasteiger partial charge in [-0.25, -0.2) is 9.13 Å². The summed E-state index contributed by atoms with van der Waals surface area (Å²) in [5.74, 6) is -2.56. The Morgan fingerprint density at radius 1 is 0.300 bits per heavy atom. The third-order valence-corrected chi connectivity index (χ3v) is 16.3. The molecule has 0 bridgehead atoms. The normalized spacial score (nSPS) is 15.0. The number of unbranched alkanes of at least 4 members (excludes halogenated alkanes) is 13. The minimum absolute atomic E-state index is 0.0548. The van der Waals surface area contributed by atoms with Crippen LogP contribution in [0, 0.1) is 0 Å². The van der Waals surface area contributed by atoms with Crippen molar-refractivity contribution in [1.29, 1.82) is 0 Å². The van der Waals surface area contributed by atoms with Crippen molar-refractivity contribution in [3.63, 3.8) is 0 Å². The van der Waals surface area contributed by atoms with Crippen LogP contribution in [0.3, 0.4) is 0 Å². The van der Waals surface area contributed by atoms with Gasteiger partial charge in [0.05, 0.1) is 39.3 Å². The van der Waals surface area contributed by atoms with Gasteiger partial charge in [0, 0.05) is 12.8 Å². The number of esters is 4. The molecule has 17 nitrogen and oxygen atoms in total. The highest BCUT2D eigenvalue weighted by Gasteiger charge is 2.30. The molecule has 0 saturated heterocycles. The first-order chi connectivity index (χ1) is 48.7. The second kappa shape index (κ2) is 71.6. The van der Waals surface area contributed by atoms with E-state index in [1.807, 2.05) is 42.5 Å². The lowest BCUT2D eigenvalue weighted by molar-refractivity contribution is -0.160. The van der Waals surface area contributed by atoms with Gasteiger partial charge in [0.2, 0.25) is 0 Å². The summed E-state index contributed by atoms with van der Waals surface area (Å²) in [7, 11) is -10.0. The lowest BCUT2D eigenvalue weighted by atomic mass is 10.0. The summed E-state index contributed by atoms with van der Waals surface area (Å²) in [6, 6.07) is 0. The molecule has 0 aromatic heterocycles. The van der Waals surface area contributed by atoms with Crippen molar-refractivity contribution in [3.05, 3.63) is 182 Å². The van der Waals surface area contributed by atoms with E-state index in [0.717, 1.165) is 109 Å². The number of ether oxygens (including phenoxy) is 4. The van der Waals surface area contributed by atoms with Crippen molar-refractivity contribution in [2.24, 2.45) is 0 Å². The van der Waals surface area contributed by atoms with Crippen LogP contribution in [0.1, 0.15) is 246 Å². The van der Waals surface area contributed by atoms with Crippen LogP contribution in [0.4, 0.5) is 0 Å². The Hall–Kier alpha value is -5.84. The Bertz CT molecular complexity index is 2620. The molecule has 0 fully saturated rings. The molecule has 0 aliphatic heterocycles. The van der Waals surface area contributed by atoms with E-state index >= 15 is 0 Å². The first-order valence-electron chi connectivity index (χ1n) is 37.0. The van der Waals surface area contributed by atoms with Crippen molar-refractivity contribution in [2.45, 2.75) is 264 Å². The molecule has 0 heterocycles. The van der Waals surface area contributed by atoms with E-state index in [2.05, 4.69) is 149 Å². The van der Waals surface area contributed by atoms with Crippen LogP contribution in [0.15, 0.2) is 182 Å². The molecule has 3 N–H and O–H groups in total. The molecular formula is C81H128O17P2. The number of hydrogen-bond donors (Lipinski definition) is 3. The summed E-state index contributed by atoms with van der Waals surface area (Å²) in [6.45, 7) is 4.19. The molecule has 0 aliphatic rings. The van der Waals surface area contributed by atoms with Crippen LogP contribution in [0.25, 0.3) is 0 Å². The van der Waals surface area contributed by atoms with E-state index in [4.69, 9.17) is 37.0 Å². The zero-order chi connectivity index (χ0) is 73.2. The van der Waals surface area contributed by atoms with Crippen molar-refractivity contribution in [3.8, 4) is 0 Å². The molecule has 5 unspecified atom stereocenters. The van der Waals surface area contributed by atoms with Gasteiger partial charge >= 0.3 is 39.5 Å². The van der Waals surface area contributed by atoms with Gasteiger partial charge in [-0.1, -0.05) is 287 Å². The topological polar surface area (TPSA) is 237 Å². The number of carbonyl (C=O) groups excluding carboxylic acids is 4. The Morgan fingerprint density at radius 2 is 0.570 bits per heavy atom. The van der Waals surface area contributed by atoms with Gasteiger partial charge < -0.3 is 33.8 Å². The highest BCUT2D eigenvalue weighted by molar-refractivity contribution is 7.47. The summed E-state index contributed by atoms with van der Waals surface area (Å²) in [5, 5.41) is 10.6. The number of aliphatic hydroxyl groups is 1. The van der Waals surface area contributed by atoms with E-state index in [1.165, 1.54) is 51.4 Å². The molecular weight excluding hydrogens is 1310 g/mol. The van der Waals surface area contributed by atoms with Crippen molar-refractivity contribution in [1.82, 2.24) is 0 Å². The second-order valence-electron chi connectivity index (χ2n) is 23.8. The van der Waals surface area contributed by atoms with Crippen LogP contribution >= 0.6 is 15.6 Å². The fraction of sp³-hybridized carbons (Fsp3) is 0.580. The second-order valence-corrected chi connectivity index (χ2v) is 26.7. The summed E-state index contributed by atoms with van der Waals surface area (Å²) in [6.07, 6.45) is 85.4. The van der Waals surface area contributed by atoms with E-state index in [9.17, 15) is 43.2 Å². The van der Waals surface area contributed by atoms with Crippen LogP contribution in [-0.2, 0) is 65.4 Å². The molecule has 0 aliphatic carbocycles. The van der Waals surface area contributed by atoms with Crippen molar-refractivity contribution in [2.75, 3.05) is 39.6 Å². The lowest BCUT2D eigenvalue weighted by Crippen LogP contribution is -2.30. The third-order valence-electron chi connectivity index (χ3n) is 14.4. The zero-order valence-corrected chi connectivity index (χ0v) is 63.1. The molecule has 100 heavy (non-hydrogen) atoms. The van der Waals surface area contributed by atoms with E-state index in [-0.39, 0.29) is 25.7 Å². The number of phosphoric acid groups is 2. The zero-order valence-electron chi connectivity index (χ0n) is 61.3.